The Hall–Kier alpha value is -1.59. The average molecular weight is 348 g/mol. The quantitative estimate of drug-likeness (QED) is 0.641. The van der Waals surface area contributed by atoms with E-state index in [0.29, 0.717) is 0 Å². The maximum atomic E-state index is 6.12. The van der Waals surface area contributed by atoms with Crippen LogP contribution in [0.25, 0.3) is 10.2 Å². The molecule has 0 aliphatic heterocycles. The second kappa shape index (κ2) is 5.07. The van der Waals surface area contributed by atoms with Crippen molar-refractivity contribution in [1.29, 1.82) is 0 Å². The number of benzene rings is 2. The largest absolute Gasteiger partial charge is 0.397 e. The summed E-state index contributed by atoms with van der Waals surface area (Å²) in [4.78, 5) is 4.50. The number of thiazole rings is 1. The summed E-state index contributed by atoms with van der Waals surface area (Å²) in [6.45, 7) is 4.07. The Labute approximate surface area is 130 Å². The van der Waals surface area contributed by atoms with Crippen LogP contribution in [-0.2, 0) is 0 Å². The second-order valence-electron chi connectivity index (χ2n) is 4.75. The van der Waals surface area contributed by atoms with E-state index >= 15 is 0 Å². The molecule has 5 heteroatoms. The molecule has 0 amide bonds. The summed E-state index contributed by atoms with van der Waals surface area (Å²) < 4.78 is 2.14. The Morgan fingerprint density at radius 3 is 2.70 bits per heavy atom. The first-order valence-corrected chi connectivity index (χ1v) is 7.84. The van der Waals surface area contributed by atoms with Crippen molar-refractivity contribution in [2.75, 3.05) is 11.1 Å². The molecule has 3 nitrogen and oxygen atoms in total. The first-order valence-electron chi connectivity index (χ1n) is 6.23. The van der Waals surface area contributed by atoms with Gasteiger partial charge in [0.05, 0.1) is 32.3 Å². The van der Waals surface area contributed by atoms with Crippen LogP contribution >= 0.6 is 27.3 Å². The zero-order chi connectivity index (χ0) is 14.3. The molecule has 1 aromatic heterocycles. The summed E-state index contributed by atoms with van der Waals surface area (Å²) in [7, 11) is 0. The number of hydrogen-bond donors (Lipinski definition) is 2. The summed E-state index contributed by atoms with van der Waals surface area (Å²) in [5.41, 5.74) is 10.9. The summed E-state index contributed by atoms with van der Waals surface area (Å²) in [5.74, 6) is 0. The Bertz CT molecular complexity index is 795. The van der Waals surface area contributed by atoms with Gasteiger partial charge < -0.3 is 11.1 Å². The summed E-state index contributed by atoms with van der Waals surface area (Å²) in [5, 5.41) is 4.41. The Balaban J connectivity index is 2.03. The van der Waals surface area contributed by atoms with Crippen LogP contribution in [-0.4, -0.2) is 4.98 Å². The molecule has 0 spiro atoms. The molecule has 0 aliphatic carbocycles. The van der Waals surface area contributed by atoms with Crippen molar-refractivity contribution in [3.05, 3.63) is 45.4 Å². The standard InChI is InChI=1S/C15H14BrN3S/c1-8-3-4-12(10(16)5-8)19-13-7-14-15(6-11(13)17)20-9(2)18-14/h3-7,19H,17H2,1-2H3. The molecule has 0 unspecified atom stereocenters. The first-order chi connectivity index (χ1) is 9.52. The predicted molar refractivity (Wildman–Crippen MR) is 90.9 cm³/mol. The monoisotopic (exact) mass is 347 g/mol. The van der Waals surface area contributed by atoms with E-state index in [1.807, 2.05) is 25.1 Å². The fraction of sp³-hybridized carbons (Fsp3) is 0.133. The SMILES string of the molecule is Cc1ccc(Nc2cc3nc(C)sc3cc2N)c(Br)c1. The first kappa shape index (κ1) is 13.4. The highest BCUT2D eigenvalue weighted by Gasteiger charge is 2.08. The number of hydrogen-bond acceptors (Lipinski definition) is 4. The van der Waals surface area contributed by atoms with Gasteiger partial charge in [-0.2, -0.15) is 0 Å². The molecule has 0 saturated carbocycles. The molecule has 102 valence electrons. The van der Waals surface area contributed by atoms with Gasteiger partial charge in [-0.1, -0.05) is 6.07 Å². The van der Waals surface area contributed by atoms with Crippen LogP contribution in [0.1, 0.15) is 10.6 Å². The van der Waals surface area contributed by atoms with Gasteiger partial charge in [0.2, 0.25) is 0 Å². The maximum Gasteiger partial charge on any atom is 0.0907 e. The summed E-state index contributed by atoms with van der Waals surface area (Å²) in [6, 6.07) is 10.2. The third kappa shape index (κ3) is 2.51. The van der Waals surface area contributed by atoms with Crippen molar-refractivity contribution in [2.24, 2.45) is 0 Å². The lowest BCUT2D eigenvalue weighted by Gasteiger charge is -2.11. The van der Waals surface area contributed by atoms with Crippen LogP contribution in [0.2, 0.25) is 0 Å². The van der Waals surface area contributed by atoms with E-state index in [4.69, 9.17) is 5.73 Å². The molecular weight excluding hydrogens is 334 g/mol. The van der Waals surface area contributed by atoms with E-state index in [1.54, 1.807) is 11.3 Å². The molecule has 0 fully saturated rings. The van der Waals surface area contributed by atoms with Crippen molar-refractivity contribution >= 4 is 54.5 Å². The van der Waals surface area contributed by atoms with Gasteiger partial charge in [-0.25, -0.2) is 4.98 Å². The van der Waals surface area contributed by atoms with Crippen LogP contribution in [0.3, 0.4) is 0 Å². The molecular formula is C15H14BrN3S. The van der Waals surface area contributed by atoms with Gasteiger partial charge in [0, 0.05) is 4.47 Å². The Morgan fingerprint density at radius 1 is 1.15 bits per heavy atom. The smallest absolute Gasteiger partial charge is 0.0907 e. The van der Waals surface area contributed by atoms with Crippen molar-refractivity contribution in [3.63, 3.8) is 0 Å². The third-order valence-corrected chi connectivity index (χ3v) is 4.65. The molecule has 0 saturated heterocycles. The highest BCUT2D eigenvalue weighted by molar-refractivity contribution is 9.10. The Kier molecular flexibility index (Phi) is 3.40. The zero-order valence-electron chi connectivity index (χ0n) is 11.2. The lowest BCUT2D eigenvalue weighted by molar-refractivity contribution is 1.35. The van der Waals surface area contributed by atoms with Crippen LogP contribution in [0.15, 0.2) is 34.8 Å². The van der Waals surface area contributed by atoms with Crippen LogP contribution in [0.5, 0.6) is 0 Å². The van der Waals surface area contributed by atoms with Crippen molar-refractivity contribution in [1.82, 2.24) is 4.98 Å². The number of anilines is 3. The van der Waals surface area contributed by atoms with Gasteiger partial charge in [0.15, 0.2) is 0 Å². The summed E-state index contributed by atoms with van der Waals surface area (Å²) in [6.07, 6.45) is 0. The van der Waals surface area contributed by atoms with Crippen LogP contribution in [0.4, 0.5) is 17.1 Å². The van der Waals surface area contributed by atoms with Gasteiger partial charge >= 0.3 is 0 Å². The minimum absolute atomic E-state index is 0.730. The van der Waals surface area contributed by atoms with E-state index in [2.05, 4.69) is 45.3 Å². The minimum atomic E-state index is 0.730. The van der Waals surface area contributed by atoms with E-state index in [-0.39, 0.29) is 0 Å². The molecule has 3 N–H and O–H groups in total. The maximum absolute atomic E-state index is 6.12. The van der Waals surface area contributed by atoms with Crippen molar-refractivity contribution in [2.45, 2.75) is 13.8 Å². The topological polar surface area (TPSA) is 50.9 Å². The predicted octanol–water partition coefficient (Wildman–Crippen LogP) is 5.00. The molecule has 20 heavy (non-hydrogen) atoms. The molecule has 0 radical (unpaired) electrons. The van der Waals surface area contributed by atoms with Gasteiger partial charge in [0.25, 0.3) is 0 Å². The number of halogens is 1. The number of nitrogens with one attached hydrogen (secondary N) is 1. The summed E-state index contributed by atoms with van der Waals surface area (Å²) >= 11 is 5.22. The highest BCUT2D eigenvalue weighted by atomic mass is 79.9. The van der Waals surface area contributed by atoms with Gasteiger partial charge in [0.1, 0.15) is 0 Å². The van der Waals surface area contributed by atoms with Gasteiger partial charge in [-0.3, -0.25) is 0 Å². The van der Waals surface area contributed by atoms with E-state index in [9.17, 15) is 0 Å². The number of aromatic nitrogens is 1. The fourth-order valence-corrected chi connectivity index (χ4v) is 3.53. The lowest BCUT2D eigenvalue weighted by atomic mass is 10.2. The zero-order valence-corrected chi connectivity index (χ0v) is 13.6. The number of rotatable bonds is 2. The normalized spacial score (nSPS) is 10.9. The van der Waals surface area contributed by atoms with Crippen molar-refractivity contribution in [3.8, 4) is 0 Å². The molecule has 3 rings (SSSR count). The highest BCUT2D eigenvalue weighted by Crippen LogP contribution is 2.33. The van der Waals surface area contributed by atoms with Gasteiger partial charge in [-0.05, 0) is 59.6 Å². The minimum Gasteiger partial charge on any atom is -0.397 e. The van der Waals surface area contributed by atoms with E-state index < -0.39 is 0 Å². The second-order valence-corrected chi connectivity index (χ2v) is 6.84. The number of fused-ring (bicyclic) bond motifs is 1. The molecule has 1 heterocycles. The molecule has 0 atom stereocenters. The number of nitrogens with zero attached hydrogens (tertiary/aromatic N) is 1. The third-order valence-electron chi connectivity index (χ3n) is 3.06. The number of nitrogen functional groups attached to an aromatic ring is 1. The molecule has 3 aromatic rings. The lowest BCUT2D eigenvalue weighted by Crippen LogP contribution is -1.97. The molecule has 0 aliphatic rings. The van der Waals surface area contributed by atoms with Crippen LogP contribution in [0, 0.1) is 13.8 Å². The number of aryl methyl sites for hydroxylation is 2. The van der Waals surface area contributed by atoms with Gasteiger partial charge in [-0.15, -0.1) is 11.3 Å². The average Bonchev–Trinajstić information content (AvgIpc) is 2.72. The fourth-order valence-electron chi connectivity index (χ4n) is 2.08. The molecule has 2 aromatic carbocycles. The van der Waals surface area contributed by atoms with E-state index in [0.717, 1.165) is 36.8 Å². The van der Waals surface area contributed by atoms with Crippen molar-refractivity contribution < 1.29 is 0 Å². The van der Waals surface area contributed by atoms with E-state index in [1.165, 1.54) is 5.56 Å². The molecule has 0 bridgehead atoms. The Morgan fingerprint density at radius 2 is 1.95 bits per heavy atom. The van der Waals surface area contributed by atoms with Crippen LogP contribution < -0.4 is 11.1 Å². The number of nitrogens with two attached hydrogens (primary N) is 1.